The molecule has 4 rings (SSSR count). The molecule has 0 radical (unpaired) electrons. The second kappa shape index (κ2) is 4.72. The van der Waals surface area contributed by atoms with Crippen LogP contribution in [0.15, 0.2) is 39.5 Å². The van der Waals surface area contributed by atoms with Gasteiger partial charge in [-0.15, -0.1) is 0 Å². The summed E-state index contributed by atoms with van der Waals surface area (Å²) in [6.45, 7) is 0. The second-order valence-electron chi connectivity index (χ2n) is 6.10. The van der Waals surface area contributed by atoms with Crippen LogP contribution in [0.4, 0.5) is 0 Å². The lowest BCUT2D eigenvalue weighted by Crippen LogP contribution is -2.26. The summed E-state index contributed by atoms with van der Waals surface area (Å²) in [5.41, 5.74) is -0.141. The van der Waals surface area contributed by atoms with Crippen molar-refractivity contribution >= 4 is 16.9 Å². The minimum absolute atomic E-state index is 0.00327. The van der Waals surface area contributed by atoms with E-state index in [-0.39, 0.29) is 11.7 Å². The van der Waals surface area contributed by atoms with E-state index in [2.05, 4.69) is 0 Å². The first-order valence-electron chi connectivity index (χ1n) is 7.44. The first-order valence-corrected chi connectivity index (χ1v) is 7.44. The molecule has 0 saturated heterocycles. The van der Waals surface area contributed by atoms with Gasteiger partial charge >= 0.3 is 11.6 Å². The molecule has 0 N–H and O–H groups in total. The summed E-state index contributed by atoms with van der Waals surface area (Å²) in [5, 5.41) is 0.733. The lowest BCUT2D eigenvalue weighted by atomic mass is 9.98. The Morgan fingerprint density at radius 1 is 1.19 bits per heavy atom. The van der Waals surface area contributed by atoms with Crippen LogP contribution in [0.5, 0.6) is 0 Å². The van der Waals surface area contributed by atoms with Gasteiger partial charge in [0.15, 0.2) is 0 Å². The molecule has 2 aliphatic rings. The molecule has 4 nitrogen and oxygen atoms in total. The first-order chi connectivity index (χ1) is 10.2. The van der Waals surface area contributed by atoms with Crippen LogP contribution in [0.2, 0.25) is 0 Å². The number of rotatable bonds is 2. The van der Waals surface area contributed by atoms with Gasteiger partial charge in [-0.2, -0.15) is 0 Å². The van der Waals surface area contributed by atoms with Crippen LogP contribution in [-0.4, -0.2) is 12.1 Å². The van der Waals surface area contributed by atoms with Crippen molar-refractivity contribution in [1.29, 1.82) is 0 Å². The van der Waals surface area contributed by atoms with Crippen molar-refractivity contribution in [2.45, 2.75) is 31.8 Å². The molecule has 1 aromatic carbocycles. The molecule has 0 spiro atoms. The van der Waals surface area contributed by atoms with Crippen molar-refractivity contribution in [3.63, 3.8) is 0 Å². The van der Waals surface area contributed by atoms with Crippen LogP contribution in [0.25, 0.3) is 11.0 Å². The standard InChI is InChI=1S/C17H16O4/c18-16-13(9-11-3-1-2-4-14(11)20-16)17(19)21-15-8-10-5-6-12(15)7-10/h1-4,9-10,12,15H,5-8H2. The maximum atomic E-state index is 12.3. The fourth-order valence-corrected chi connectivity index (χ4v) is 3.74. The van der Waals surface area contributed by atoms with Gasteiger partial charge in [0.25, 0.3) is 0 Å². The normalized spacial score (nSPS) is 27.1. The molecule has 21 heavy (non-hydrogen) atoms. The Balaban J connectivity index is 1.62. The maximum Gasteiger partial charge on any atom is 0.351 e. The average Bonchev–Trinajstić information content (AvgIpc) is 3.09. The molecule has 0 amide bonds. The van der Waals surface area contributed by atoms with E-state index < -0.39 is 11.6 Å². The first kappa shape index (κ1) is 12.6. The van der Waals surface area contributed by atoms with E-state index in [1.165, 1.54) is 6.42 Å². The molecular formula is C17H16O4. The van der Waals surface area contributed by atoms with E-state index in [0.29, 0.717) is 17.4 Å². The minimum Gasteiger partial charge on any atom is -0.458 e. The molecule has 108 valence electrons. The smallest absolute Gasteiger partial charge is 0.351 e. The van der Waals surface area contributed by atoms with Crippen molar-refractivity contribution in [3.8, 4) is 0 Å². The van der Waals surface area contributed by atoms with Crippen molar-refractivity contribution in [1.82, 2.24) is 0 Å². The van der Waals surface area contributed by atoms with E-state index in [1.54, 1.807) is 18.2 Å². The molecular weight excluding hydrogens is 268 g/mol. The molecule has 0 aliphatic heterocycles. The van der Waals surface area contributed by atoms with E-state index >= 15 is 0 Å². The predicted molar refractivity (Wildman–Crippen MR) is 77.1 cm³/mol. The molecule has 3 unspecified atom stereocenters. The van der Waals surface area contributed by atoms with Gasteiger partial charge in [0, 0.05) is 5.39 Å². The Morgan fingerprint density at radius 3 is 2.81 bits per heavy atom. The summed E-state index contributed by atoms with van der Waals surface area (Å²) >= 11 is 0. The highest BCUT2D eigenvalue weighted by Crippen LogP contribution is 2.46. The lowest BCUT2D eigenvalue weighted by Gasteiger charge is -2.21. The molecule has 2 bridgehead atoms. The van der Waals surface area contributed by atoms with Crippen molar-refractivity contribution < 1.29 is 13.9 Å². The van der Waals surface area contributed by atoms with Gasteiger partial charge in [0.2, 0.25) is 0 Å². The zero-order chi connectivity index (χ0) is 14.4. The number of carbonyl (C=O) groups excluding carboxylic acids is 1. The molecule has 2 aromatic rings. The fourth-order valence-electron chi connectivity index (χ4n) is 3.74. The summed E-state index contributed by atoms with van der Waals surface area (Å²) in [7, 11) is 0. The van der Waals surface area contributed by atoms with Gasteiger partial charge < -0.3 is 9.15 Å². The number of ether oxygens (including phenoxy) is 1. The van der Waals surface area contributed by atoms with Crippen LogP contribution in [0.1, 0.15) is 36.0 Å². The monoisotopic (exact) mass is 284 g/mol. The zero-order valence-corrected chi connectivity index (χ0v) is 11.6. The molecule has 2 saturated carbocycles. The molecule has 1 aromatic heterocycles. The topological polar surface area (TPSA) is 56.5 Å². The van der Waals surface area contributed by atoms with E-state index in [4.69, 9.17) is 9.15 Å². The Kier molecular flexibility index (Phi) is 2.84. The highest BCUT2D eigenvalue weighted by atomic mass is 16.5. The third-order valence-electron chi connectivity index (χ3n) is 4.79. The number of para-hydroxylation sites is 1. The summed E-state index contributed by atoms with van der Waals surface area (Å²) < 4.78 is 10.7. The Labute approximate surface area is 121 Å². The summed E-state index contributed by atoms with van der Waals surface area (Å²) in [6.07, 6.45) is 4.45. The van der Waals surface area contributed by atoms with E-state index in [9.17, 15) is 9.59 Å². The van der Waals surface area contributed by atoms with Gasteiger partial charge in [-0.1, -0.05) is 18.2 Å². The van der Waals surface area contributed by atoms with E-state index in [0.717, 1.165) is 24.6 Å². The SMILES string of the molecule is O=C(OC1CC2CCC1C2)c1cc2ccccc2oc1=O. The quantitative estimate of drug-likeness (QED) is 0.628. The molecule has 2 aliphatic carbocycles. The molecule has 2 fully saturated rings. The zero-order valence-electron chi connectivity index (χ0n) is 11.6. The van der Waals surface area contributed by atoms with Crippen LogP contribution in [0, 0.1) is 11.8 Å². The van der Waals surface area contributed by atoms with Crippen LogP contribution in [0.3, 0.4) is 0 Å². The number of hydrogen-bond acceptors (Lipinski definition) is 4. The van der Waals surface area contributed by atoms with Crippen LogP contribution >= 0.6 is 0 Å². The molecule has 4 heteroatoms. The highest BCUT2D eigenvalue weighted by Gasteiger charge is 2.42. The third kappa shape index (κ3) is 2.15. The van der Waals surface area contributed by atoms with Gasteiger partial charge in [0.05, 0.1) is 0 Å². The summed E-state index contributed by atoms with van der Waals surface area (Å²) in [4.78, 5) is 24.2. The third-order valence-corrected chi connectivity index (χ3v) is 4.79. The Bertz CT molecular complexity index is 761. The largest absolute Gasteiger partial charge is 0.458 e. The fraction of sp³-hybridized carbons (Fsp3) is 0.412. The lowest BCUT2D eigenvalue weighted by molar-refractivity contribution is 0.0154. The van der Waals surface area contributed by atoms with Gasteiger partial charge in [-0.05, 0) is 49.7 Å². The average molecular weight is 284 g/mol. The van der Waals surface area contributed by atoms with Crippen molar-refractivity contribution in [3.05, 3.63) is 46.3 Å². The van der Waals surface area contributed by atoms with Crippen LogP contribution < -0.4 is 5.63 Å². The van der Waals surface area contributed by atoms with Crippen LogP contribution in [-0.2, 0) is 4.74 Å². The van der Waals surface area contributed by atoms with Crippen molar-refractivity contribution in [2.24, 2.45) is 11.8 Å². The Hall–Kier alpha value is -2.10. The van der Waals surface area contributed by atoms with Gasteiger partial charge in [0.1, 0.15) is 17.3 Å². The molecule has 3 atom stereocenters. The predicted octanol–water partition coefficient (Wildman–Crippen LogP) is 3.14. The molecule has 1 heterocycles. The van der Waals surface area contributed by atoms with Gasteiger partial charge in [-0.25, -0.2) is 9.59 Å². The Morgan fingerprint density at radius 2 is 2.05 bits per heavy atom. The summed E-state index contributed by atoms with van der Waals surface area (Å²) in [5.74, 6) is 0.624. The van der Waals surface area contributed by atoms with Gasteiger partial charge in [-0.3, -0.25) is 0 Å². The van der Waals surface area contributed by atoms with E-state index in [1.807, 2.05) is 12.1 Å². The number of esters is 1. The number of fused-ring (bicyclic) bond motifs is 3. The second-order valence-corrected chi connectivity index (χ2v) is 6.10. The number of benzene rings is 1. The summed E-state index contributed by atoms with van der Waals surface area (Å²) in [6, 6.07) is 8.72. The number of carbonyl (C=O) groups is 1. The number of hydrogen-bond donors (Lipinski definition) is 0. The van der Waals surface area contributed by atoms with Crippen molar-refractivity contribution in [2.75, 3.05) is 0 Å². The highest BCUT2D eigenvalue weighted by molar-refractivity contribution is 5.92. The minimum atomic E-state index is -0.623. The maximum absolute atomic E-state index is 12.3.